The summed E-state index contributed by atoms with van der Waals surface area (Å²) in [7, 11) is 0. The van der Waals surface area contributed by atoms with Gasteiger partial charge in [-0.1, -0.05) is 11.6 Å². The Morgan fingerprint density at radius 1 is 1.27 bits per heavy atom. The Labute approximate surface area is 154 Å². The number of furan rings is 1. The second kappa shape index (κ2) is 6.25. The molecule has 1 unspecified atom stereocenters. The highest BCUT2D eigenvalue weighted by atomic mass is 35.5. The quantitative estimate of drug-likeness (QED) is 0.832. The standard InChI is InChI=1S/C18H17ClN2O5/c1-18(14-4-2-5-25-14)16(22)21(17(23)20-18)10-11-8-12(19)15-13(9-11)24-6-3-7-26-15/h2,4-5,8-9H,3,6-7,10H2,1H3,(H,20,23). The monoisotopic (exact) mass is 376 g/mol. The number of urea groups is 1. The van der Waals surface area contributed by atoms with E-state index >= 15 is 0 Å². The van der Waals surface area contributed by atoms with Crippen molar-refractivity contribution in [1.29, 1.82) is 0 Å². The molecule has 1 N–H and O–H groups in total. The van der Waals surface area contributed by atoms with Crippen molar-refractivity contribution in [2.24, 2.45) is 0 Å². The largest absolute Gasteiger partial charge is 0.489 e. The Balaban J connectivity index is 1.62. The molecule has 2 aromatic rings. The van der Waals surface area contributed by atoms with Crippen molar-refractivity contribution in [2.45, 2.75) is 25.4 Å². The fourth-order valence-corrected chi connectivity index (χ4v) is 3.42. The van der Waals surface area contributed by atoms with Crippen LogP contribution in [0.25, 0.3) is 0 Å². The highest BCUT2D eigenvalue weighted by Crippen LogP contribution is 2.39. The van der Waals surface area contributed by atoms with E-state index in [0.29, 0.717) is 41.1 Å². The van der Waals surface area contributed by atoms with Crippen LogP contribution in [0, 0.1) is 0 Å². The van der Waals surface area contributed by atoms with E-state index in [4.69, 9.17) is 25.5 Å². The topological polar surface area (TPSA) is 81.0 Å². The van der Waals surface area contributed by atoms with Gasteiger partial charge in [-0.3, -0.25) is 9.69 Å². The fourth-order valence-electron chi connectivity index (χ4n) is 3.13. The number of carbonyl (C=O) groups is 2. The van der Waals surface area contributed by atoms with Crippen LogP contribution in [0.2, 0.25) is 5.02 Å². The lowest BCUT2D eigenvalue weighted by Crippen LogP contribution is -2.40. The van der Waals surface area contributed by atoms with Crippen molar-refractivity contribution < 1.29 is 23.5 Å². The summed E-state index contributed by atoms with van der Waals surface area (Å²) in [4.78, 5) is 26.4. The average molecular weight is 377 g/mol. The fraction of sp³-hybridized carbons (Fsp3) is 0.333. The molecule has 0 saturated carbocycles. The molecule has 0 radical (unpaired) electrons. The Hall–Kier alpha value is -2.67. The summed E-state index contributed by atoms with van der Waals surface area (Å²) >= 11 is 6.29. The number of nitrogens with one attached hydrogen (secondary N) is 1. The molecule has 3 heterocycles. The number of carbonyl (C=O) groups excluding carboxylic acids is 2. The molecular weight excluding hydrogens is 360 g/mol. The van der Waals surface area contributed by atoms with Gasteiger partial charge in [0.1, 0.15) is 5.76 Å². The molecule has 136 valence electrons. The number of hydrogen-bond acceptors (Lipinski definition) is 5. The molecule has 8 heteroatoms. The van der Waals surface area contributed by atoms with E-state index in [9.17, 15) is 9.59 Å². The number of amides is 3. The van der Waals surface area contributed by atoms with Gasteiger partial charge in [0, 0.05) is 6.42 Å². The smallest absolute Gasteiger partial charge is 0.325 e. The second-order valence-electron chi connectivity index (χ2n) is 6.38. The van der Waals surface area contributed by atoms with Gasteiger partial charge in [0.2, 0.25) is 0 Å². The SMILES string of the molecule is CC1(c2ccco2)NC(=O)N(Cc2cc(Cl)c3c(c2)OCCCO3)C1=O. The van der Waals surface area contributed by atoms with E-state index in [0.717, 1.165) is 11.3 Å². The number of benzene rings is 1. The molecule has 1 saturated heterocycles. The molecule has 0 spiro atoms. The molecule has 7 nitrogen and oxygen atoms in total. The average Bonchev–Trinajstić information content (AvgIpc) is 3.13. The summed E-state index contributed by atoms with van der Waals surface area (Å²) in [5.41, 5.74) is -0.554. The summed E-state index contributed by atoms with van der Waals surface area (Å²) < 4.78 is 16.6. The minimum absolute atomic E-state index is 0.0668. The van der Waals surface area contributed by atoms with Gasteiger partial charge in [0.15, 0.2) is 17.0 Å². The number of hydrogen-bond donors (Lipinski definition) is 1. The highest BCUT2D eigenvalue weighted by Gasteiger charge is 2.50. The Morgan fingerprint density at radius 3 is 2.85 bits per heavy atom. The van der Waals surface area contributed by atoms with Crippen molar-refractivity contribution in [3.8, 4) is 11.5 Å². The maximum absolute atomic E-state index is 12.9. The molecule has 0 aliphatic carbocycles. The number of nitrogens with zero attached hydrogens (tertiary/aromatic N) is 1. The first-order chi connectivity index (χ1) is 12.5. The molecule has 26 heavy (non-hydrogen) atoms. The molecule has 0 bridgehead atoms. The third-order valence-corrected chi connectivity index (χ3v) is 4.77. The van der Waals surface area contributed by atoms with Crippen LogP contribution in [0.15, 0.2) is 34.9 Å². The molecule has 1 fully saturated rings. The van der Waals surface area contributed by atoms with Crippen molar-refractivity contribution in [3.63, 3.8) is 0 Å². The van der Waals surface area contributed by atoms with Gasteiger partial charge in [0.25, 0.3) is 5.91 Å². The maximum atomic E-state index is 12.9. The zero-order chi connectivity index (χ0) is 18.3. The van der Waals surface area contributed by atoms with Crippen LogP contribution in [0.3, 0.4) is 0 Å². The van der Waals surface area contributed by atoms with E-state index in [-0.39, 0.29) is 12.5 Å². The van der Waals surface area contributed by atoms with Gasteiger partial charge in [-0.15, -0.1) is 0 Å². The first-order valence-corrected chi connectivity index (χ1v) is 8.63. The lowest BCUT2D eigenvalue weighted by atomic mass is 9.99. The molecule has 1 aromatic heterocycles. The summed E-state index contributed by atoms with van der Waals surface area (Å²) in [5, 5.41) is 3.08. The van der Waals surface area contributed by atoms with E-state index in [1.165, 1.54) is 6.26 Å². The van der Waals surface area contributed by atoms with E-state index < -0.39 is 11.6 Å². The minimum atomic E-state index is -1.23. The third kappa shape index (κ3) is 2.68. The van der Waals surface area contributed by atoms with Crippen LogP contribution in [-0.4, -0.2) is 30.1 Å². The van der Waals surface area contributed by atoms with Crippen molar-refractivity contribution in [2.75, 3.05) is 13.2 Å². The normalized spacial score (nSPS) is 22.3. The number of rotatable bonds is 3. The summed E-state index contributed by atoms with van der Waals surface area (Å²) in [6.07, 6.45) is 2.22. The van der Waals surface area contributed by atoms with Crippen molar-refractivity contribution in [1.82, 2.24) is 10.2 Å². The summed E-state index contributed by atoms with van der Waals surface area (Å²) in [6, 6.07) is 6.27. The zero-order valence-corrected chi connectivity index (χ0v) is 14.8. The van der Waals surface area contributed by atoms with Crippen LogP contribution in [0.5, 0.6) is 11.5 Å². The molecule has 3 amide bonds. The van der Waals surface area contributed by atoms with E-state index in [1.807, 2.05) is 0 Å². The van der Waals surface area contributed by atoms with Crippen LogP contribution in [0.4, 0.5) is 4.79 Å². The van der Waals surface area contributed by atoms with Gasteiger partial charge < -0.3 is 19.2 Å². The third-order valence-electron chi connectivity index (χ3n) is 4.49. The van der Waals surface area contributed by atoms with Crippen LogP contribution in [0.1, 0.15) is 24.7 Å². The predicted octanol–water partition coefficient (Wildman–Crippen LogP) is 3.06. The number of ether oxygens (including phenoxy) is 2. The first kappa shape index (κ1) is 16.8. The van der Waals surface area contributed by atoms with Crippen molar-refractivity contribution >= 4 is 23.5 Å². The molecule has 1 atom stereocenters. The molecule has 4 rings (SSSR count). The lowest BCUT2D eigenvalue weighted by Gasteiger charge is -2.19. The van der Waals surface area contributed by atoms with Gasteiger partial charge in [-0.2, -0.15) is 0 Å². The molecule has 1 aromatic carbocycles. The molecular formula is C18H17ClN2O5. The van der Waals surface area contributed by atoms with Gasteiger partial charge in [0.05, 0.1) is 31.0 Å². The molecule has 2 aliphatic heterocycles. The predicted molar refractivity (Wildman–Crippen MR) is 92.2 cm³/mol. The van der Waals surface area contributed by atoms with Gasteiger partial charge in [-0.25, -0.2) is 4.79 Å². The Bertz CT molecular complexity index is 867. The summed E-state index contributed by atoms with van der Waals surface area (Å²) in [5.74, 6) is 1.01. The zero-order valence-electron chi connectivity index (χ0n) is 14.1. The maximum Gasteiger partial charge on any atom is 0.325 e. The van der Waals surface area contributed by atoms with E-state index in [2.05, 4.69) is 5.32 Å². The van der Waals surface area contributed by atoms with Crippen LogP contribution >= 0.6 is 11.6 Å². The van der Waals surface area contributed by atoms with Crippen LogP contribution < -0.4 is 14.8 Å². The number of halogens is 1. The number of imide groups is 1. The number of fused-ring (bicyclic) bond motifs is 1. The second-order valence-corrected chi connectivity index (χ2v) is 6.79. The van der Waals surface area contributed by atoms with Crippen LogP contribution in [-0.2, 0) is 16.9 Å². The first-order valence-electron chi connectivity index (χ1n) is 8.25. The Morgan fingerprint density at radius 2 is 2.08 bits per heavy atom. The van der Waals surface area contributed by atoms with Gasteiger partial charge >= 0.3 is 6.03 Å². The highest BCUT2D eigenvalue weighted by molar-refractivity contribution is 6.32. The van der Waals surface area contributed by atoms with Crippen molar-refractivity contribution in [3.05, 3.63) is 46.9 Å². The minimum Gasteiger partial charge on any atom is -0.489 e. The van der Waals surface area contributed by atoms with E-state index in [1.54, 1.807) is 31.2 Å². The van der Waals surface area contributed by atoms with Gasteiger partial charge in [-0.05, 0) is 36.8 Å². The molecule has 2 aliphatic rings. The Kier molecular flexibility index (Phi) is 4.03. The summed E-state index contributed by atoms with van der Waals surface area (Å²) in [6.45, 7) is 2.73. The lowest BCUT2D eigenvalue weighted by molar-refractivity contribution is -0.132.